The molecule has 0 saturated heterocycles. The van der Waals surface area contributed by atoms with Gasteiger partial charge in [-0.05, 0) is 31.6 Å². The van der Waals surface area contributed by atoms with Gasteiger partial charge in [-0.1, -0.05) is 48.0 Å². The van der Waals surface area contributed by atoms with Gasteiger partial charge in [0.15, 0.2) is 0 Å². The molecular weight excluding hydrogens is 304 g/mol. The number of hydrogen-bond donors (Lipinski definition) is 2. The fraction of sp³-hybridized carbons (Fsp3) is 0.600. The van der Waals surface area contributed by atoms with E-state index in [1.54, 1.807) is 0 Å². The average molecular weight is 329 g/mol. The second kappa shape index (κ2) is 8.00. The molecule has 1 aromatic carbocycles. The Kier molecular flexibility index (Phi) is 7.00. The second-order valence-corrected chi connectivity index (χ2v) is 5.78. The first-order valence-electron chi connectivity index (χ1n) is 6.90. The lowest BCUT2D eigenvalue weighted by atomic mass is 9.93. The highest BCUT2D eigenvalue weighted by molar-refractivity contribution is 9.10. The molecule has 1 atom stereocenters. The summed E-state index contributed by atoms with van der Waals surface area (Å²) in [5, 5.41) is 13.2. The Hall–Kier alpha value is -0.420. The van der Waals surface area contributed by atoms with Gasteiger partial charge in [-0.2, -0.15) is 0 Å². The van der Waals surface area contributed by atoms with Crippen molar-refractivity contribution < 1.29 is 5.11 Å². The van der Waals surface area contributed by atoms with Gasteiger partial charge in [-0.15, -0.1) is 0 Å². The minimum atomic E-state index is -0.409. The molecule has 19 heavy (non-hydrogen) atoms. The van der Waals surface area contributed by atoms with E-state index in [2.05, 4.69) is 40.0 Å². The third kappa shape index (κ3) is 4.56. The molecule has 0 heterocycles. The van der Waals surface area contributed by atoms with Crippen molar-refractivity contribution in [1.29, 1.82) is 0 Å². The second-order valence-electron chi connectivity index (χ2n) is 4.92. The molecule has 0 aliphatic rings. The summed E-state index contributed by atoms with van der Waals surface area (Å²) in [6, 6.07) is 8.04. The Labute approximate surface area is 125 Å². The highest BCUT2D eigenvalue weighted by atomic mass is 79.9. The van der Waals surface area contributed by atoms with Gasteiger partial charge >= 0.3 is 0 Å². The molecule has 0 bridgehead atoms. The minimum absolute atomic E-state index is 0.0772. The summed E-state index contributed by atoms with van der Waals surface area (Å²) in [6.45, 7) is 10.4. The number of nitrogens with zero attached hydrogens (tertiary/aromatic N) is 1. The van der Waals surface area contributed by atoms with Gasteiger partial charge in [-0.3, -0.25) is 0 Å². The number of likely N-dealkylation sites (N-methyl/N-ethyl adjacent to an activating group) is 1. The molecule has 1 rings (SSSR count). The zero-order valence-corrected chi connectivity index (χ0v) is 13.7. The lowest BCUT2D eigenvalue weighted by Gasteiger charge is -2.31. The Balaban J connectivity index is 2.68. The summed E-state index contributed by atoms with van der Waals surface area (Å²) in [5.74, 6) is 0. The zero-order chi connectivity index (χ0) is 14.3. The molecule has 0 aliphatic heterocycles. The number of benzene rings is 1. The maximum absolute atomic E-state index is 9.75. The van der Waals surface area contributed by atoms with E-state index in [4.69, 9.17) is 0 Å². The van der Waals surface area contributed by atoms with Crippen LogP contribution in [0.5, 0.6) is 0 Å². The minimum Gasteiger partial charge on any atom is -0.394 e. The molecule has 2 N–H and O–H groups in total. The van der Waals surface area contributed by atoms with Gasteiger partial charge < -0.3 is 15.3 Å². The Morgan fingerprint density at radius 2 is 1.89 bits per heavy atom. The molecule has 0 saturated carbocycles. The fourth-order valence-corrected chi connectivity index (χ4v) is 2.90. The molecule has 0 spiro atoms. The van der Waals surface area contributed by atoms with Gasteiger partial charge in [0.05, 0.1) is 12.1 Å². The van der Waals surface area contributed by atoms with Crippen LogP contribution in [0.3, 0.4) is 0 Å². The number of hydrogen-bond acceptors (Lipinski definition) is 3. The SMILES string of the molecule is CCN(CC)CCNC(C)(CO)c1ccccc1Br. The average Bonchev–Trinajstić information content (AvgIpc) is 2.44. The van der Waals surface area contributed by atoms with Crippen molar-refractivity contribution in [2.24, 2.45) is 0 Å². The lowest BCUT2D eigenvalue weighted by Crippen LogP contribution is -2.46. The molecular formula is C15H25BrN2O. The number of halogens is 1. The zero-order valence-electron chi connectivity index (χ0n) is 12.1. The van der Waals surface area contributed by atoms with Gasteiger partial charge in [0, 0.05) is 17.6 Å². The molecule has 0 aliphatic carbocycles. The molecule has 0 aromatic heterocycles. The van der Waals surface area contributed by atoms with Gasteiger partial charge in [0.1, 0.15) is 0 Å². The first kappa shape index (κ1) is 16.6. The van der Waals surface area contributed by atoms with E-state index in [0.717, 1.165) is 36.2 Å². The number of nitrogens with one attached hydrogen (secondary N) is 1. The Bertz CT molecular complexity index is 382. The molecule has 0 fully saturated rings. The fourth-order valence-electron chi connectivity index (χ4n) is 2.17. The van der Waals surface area contributed by atoms with Crippen LogP contribution in [0.4, 0.5) is 0 Å². The van der Waals surface area contributed by atoms with Crippen LogP contribution < -0.4 is 5.32 Å². The van der Waals surface area contributed by atoms with E-state index in [1.807, 2.05) is 31.2 Å². The van der Waals surface area contributed by atoms with Crippen molar-refractivity contribution in [3.05, 3.63) is 34.3 Å². The summed E-state index contributed by atoms with van der Waals surface area (Å²) >= 11 is 3.56. The van der Waals surface area contributed by atoms with Crippen LogP contribution in [0.2, 0.25) is 0 Å². The van der Waals surface area contributed by atoms with Crippen LogP contribution in [-0.4, -0.2) is 42.8 Å². The molecule has 1 unspecified atom stereocenters. The summed E-state index contributed by atoms with van der Waals surface area (Å²) in [5.41, 5.74) is 0.685. The highest BCUT2D eigenvalue weighted by Gasteiger charge is 2.26. The van der Waals surface area contributed by atoms with Crippen LogP contribution in [0.25, 0.3) is 0 Å². The largest absolute Gasteiger partial charge is 0.394 e. The monoisotopic (exact) mass is 328 g/mol. The van der Waals surface area contributed by atoms with Gasteiger partial charge in [-0.25, -0.2) is 0 Å². The van der Waals surface area contributed by atoms with E-state index in [0.29, 0.717) is 0 Å². The maximum Gasteiger partial charge on any atom is 0.0652 e. The molecule has 108 valence electrons. The van der Waals surface area contributed by atoms with Crippen LogP contribution in [0, 0.1) is 0 Å². The standard InChI is InChI=1S/C15H25BrN2O/c1-4-18(5-2)11-10-17-15(3,12-19)13-8-6-7-9-14(13)16/h6-9,17,19H,4-5,10-12H2,1-3H3. The highest BCUT2D eigenvalue weighted by Crippen LogP contribution is 2.27. The molecule has 1 aromatic rings. The predicted octanol–water partition coefficient (Wildman–Crippen LogP) is 2.59. The molecule has 0 radical (unpaired) electrons. The Morgan fingerprint density at radius 3 is 2.42 bits per heavy atom. The van der Waals surface area contributed by atoms with E-state index >= 15 is 0 Å². The van der Waals surface area contributed by atoms with Crippen molar-refractivity contribution in [3.8, 4) is 0 Å². The lowest BCUT2D eigenvalue weighted by molar-refractivity contribution is 0.168. The van der Waals surface area contributed by atoms with Crippen molar-refractivity contribution >= 4 is 15.9 Å². The third-order valence-electron chi connectivity index (χ3n) is 3.62. The number of aliphatic hydroxyl groups excluding tert-OH is 1. The van der Waals surface area contributed by atoms with Crippen LogP contribution in [0.1, 0.15) is 26.3 Å². The van der Waals surface area contributed by atoms with E-state index < -0.39 is 5.54 Å². The molecule has 3 nitrogen and oxygen atoms in total. The topological polar surface area (TPSA) is 35.5 Å². The van der Waals surface area contributed by atoms with Crippen molar-refractivity contribution in [1.82, 2.24) is 10.2 Å². The van der Waals surface area contributed by atoms with Crippen LogP contribution in [0.15, 0.2) is 28.7 Å². The quantitative estimate of drug-likeness (QED) is 0.770. The predicted molar refractivity (Wildman–Crippen MR) is 84.4 cm³/mol. The van der Waals surface area contributed by atoms with Crippen molar-refractivity contribution in [3.63, 3.8) is 0 Å². The first-order valence-corrected chi connectivity index (χ1v) is 7.70. The van der Waals surface area contributed by atoms with Crippen molar-refractivity contribution in [2.45, 2.75) is 26.3 Å². The smallest absolute Gasteiger partial charge is 0.0652 e. The molecule has 4 heteroatoms. The normalized spacial score (nSPS) is 14.6. The first-order chi connectivity index (χ1) is 9.07. The van der Waals surface area contributed by atoms with E-state index in [-0.39, 0.29) is 6.61 Å². The summed E-state index contributed by atoms with van der Waals surface area (Å²) < 4.78 is 1.03. The third-order valence-corrected chi connectivity index (χ3v) is 4.31. The molecule has 0 amide bonds. The van der Waals surface area contributed by atoms with Crippen LogP contribution >= 0.6 is 15.9 Å². The number of rotatable bonds is 8. The van der Waals surface area contributed by atoms with Gasteiger partial charge in [0.25, 0.3) is 0 Å². The van der Waals surface area contributed by atoms with E-state index in [1.165, 1.54) is 0 Å². The van der Waals surface area contributed by atoms with Crippen LogP contribution in [-0.2, 0) is 5.54 Å². The Morgan fingerprint density at radius 1 is 1.26 bits per heavy atom. The summed E-state index contributed by atoms with van der Waals surface area (Å²) in [6.07, 6.45) is 0. The van der Waals surface area contributed by atoms with Crippen molar-refractivity contribution in [2.75, 3.05) is 32.8 Å². The van der Waals surface area contributed by atoms with E-state index in [9.17, 15) is 5.11 Å². The summed E-state index contributed by atoms with van der Waals surface area (Å²) in [7, 11) is 0. The maximum atomic E-state index is 9.75. The number of aliphatic hydroxyl groups is 1. The van der Waals surface area contributed by atoms with Gasteiger partial charge in [0.2, 0.25) is 0 Å². The summed E-state index contributed by atoms with van der Waals surface area (Å²) in [4.78, 5) is 2.37.